The van der Waals surface area contributed by atoms with Crippen LogP contribution < -0.4 is 5.32 Å². The highest BCUT2D eigenvalue weighted by Crippen LogP contribution is 2.18. The lowest BCUT2D eigenvalue weighted by molar-refractivity contribution is 0.0827. The van der Waals surface area contributed by atoms with E-state index in [1.807, 2.05) is 31.3 Å². The van der Waals surface area contributed by atoms with Crippen molar-refractivity contribution in [3.8, 4) is 0 Å². The van der Waals surface area contributed by atoms with Gasteiger partial charge in [-0.15, -0.1) is 0 Å². The van der Waals surface area contributed by atoms with Crippen molar-refractivity contribution < 1.29 is 4.79 Å². The van der Waals surface area contributed by atoms with Crippen molar-refractivity contribution in [3.05, 3.63) is 46.8 Å². The van der Waals surface area contributed by atoms with Crippen LogP contribution in [0.5, 0.6) is 0 Å². The summed E-state index contributed by atoms with van der Waals surface area (Å²) in [6.07, 6.45) is 0. The molecule has 1 aliphatic heterocycles. The summed E-state index contributed by atoms with van der Waals surface area (Å²) in [6, 6.07) is 7.67. The summed E-state index contributed by atoms with van der Waals surface area (Å²) in [5.41, 5.74) is 5.03. The number of rotatable bonds is 4. The number of likely N-dealkylation sites (N-methyl/N-ethyl adjacent to an activating group) is 2. The van der Waals surface area contributed by atoms with E-state index in [2.05, 4.69) is 24.2 Å². The Hall–Kier alpha value is -2.14. The number of aliphatic imine (C=N–C) groups is 1. The molecule has 1 N–H and O–H groups in total. The van der Waals surface area contributed by atoms with Crippen molar-refractivity contribution in [2.45, 2.75) is 6.92 Å². The van der Waals surface area contributed by atoms with E-state index in [4.69, 9.17) is 4.99 Å². The van der Waals surface area contributed by atoms with Gasteiger partial charge in [0.1, 0.15) is 0 Å². The van der Waals surface area contributed by atoms with Gasteiger partial charge in [-0.1, -0.05) is 12.1 Å². The van der Waals surface area contributed by atoms with E-state index in [1.54, 1.807) is 19.0 Å². The highest BCUT2D eigenvalue weighted by atomic mass is 16.2. The second-order valence-electron chi connectivity index (χ2n) is 5.75. The average molecular weight is 300 g/mol. The van der Waals surface area contributed by atoms with Crippen LogP contribution in [0.15, 0.2) is 40.7 Å². The Labute approximate surface area is 132 Å². The molecule has 1 aromatic rings. The van der Waals surface area contributed by atoms with Crippen molar-refractivity contribution in [3.63, 3.8) is 0 Å². The number of nitrogens with one attached hydrogen (secondary N) is 1. The Morgan fingerprint density at radius 2 is 1.95 bits per heavy atom. The van der Waals surface area contributed by atoms with E-state index < -0.39 is 0 Å². The second kappa shape index (κ2) is 6.75. The molecule has 0 saturated heterocycles. The average Bonchev–Trinajstić information content (AvgIpc) is 2.51. The van der Waals surface area contributed by atoms with E-state index in [9.17, 15) is 4.79 Å². The minimum absolute atomic E-state index is 0.0147. The third kappa shape index (κ3) is 3.36. The molecule has 118 valence electrons. The van der Waals surface area contributed by atoms with Gasteiger partial charge in [0.05, 0.1) is 18.0 Å². The lowest BCUT2D eigenvalue weighted by Gasteiger charge is -2.28. The normalized spacial score (nSPS) is 15.0. The van der Waals surface area contributed by atoms with E-state index in [0.717, 1.165) is 30.1 Å². The maximum atomic E-state index is 11.9. The van der Waals surface area contributed by atoms with Gasteiger partial charge in [-0.25, -0.2) is 0 Å². The van der Waals surface area contributed by atoms with Crippen LogP contribution in [0.1, 0.15) is 22.8 Å². The zero-order valence-electron chi connectivity index (χ0n) is 14.0. The largest absolute Gasteiger partial charge is 0.371 e. The SMILES string of the molecule is CNCC1=C(C)N(C)CC(c2ccc(C(=O)N(C)C)cc2)=N1. The van der Waals surface area contributed by atoms with Crippen molar-refractivity contribution in [1.82, 2.24) is 15.1 Å². The molecule has 1 heterocycles. The number of allylic oxidation sites excluding steroid dienone is 1. The first kappa shape index (κ1) is 16.2. The van der Waals surface area contributed by atoms with Gasteiger partial charge >= 0.3 is 0 Å². The number of amides is 1. The van der Waals surface area contributed by atoms with Gasteiger partial charge in [-0.3, -0.25) is 9.79 Å². The maximum Gasteiger partial charge on any atom is 0.253 e. The molecule has 0 fully saturated rings. The number of hydrogen-bond acceptors (Lipinski definition) is 4. The van der Waals surface area contributed by atoms with Crippen LogP contribution in [0.4, 0.5) is 0 Å². The molecule has 0 bridgehead atoms. The first-order valence-electron chi connectivity index (χ1n) is 7.39. The smallest absolute Gasteiger partial charge is 0.253 e. The topological polar surface area (TPSA) is 47.9 Å². The quantitative estimate of drug-likeness (QED) is 0.918. The van der Waals surface area contributed by atoms with Gasteiger partial charge in [0.15, 0.2) is 0 Å². The Bertz CT molecular complexity index is 614. The lowest BCUT2D eigenvalue weighted by atomic mass is 10.0. The van der Waals surface area contributed by atoms with Gasteiger partial charge in [-0.05, 0) is 31.7 Å². The first-order chi connectivity index (χ1) is 10.4. The first-order valence-corrected chi connectivity index (χ1v) is 7.39. The van der Waals surface area contributed by atoms with Crippen molar-refractivity contribution >= 4 is 11.6 Å². The van der Waals surface area contributed by atoms with Gasteiger partial charge < -0.3 is 15.1 Å². The van der Waals surface area contributed by atoms with Gasteiger partial charge in [-0.2, -0.15) is 0 Å². The van der Waals surface area contributed by atoms with Crippen LogP contribution >= 0.6 is 0 Å². The van der Waals surface area contributed by atoms with Crippen molar-refractivity contribution in [2.24, 2.45) is 4.99 Å². The molecule has 22 heavy (non-hydrogen) atoms. The Kier molecular flexibility index (Phi) is 4.98. The second-order valence-corrected chi connectivity index (χ2v) is 5.75. The number of nitrogens with zero attached hydrogens (tertiary/aromatic N) is 3. The Balaban J connectivity index is 2.28. The molecular weight excluding hydrogens is 276 g/mol. The summed E-state index contributed by atoms with van der Waals surface area (Å²) in [4.78, 5) is 20.5. The minimum atomic E-state index is 0.0147. The van der Waals surface area contributed by atoms with Crippen LogP contribution in [0.2, 0.25) is 0 Å². The van der Waals surface area contributed by atoms with Gasteiger partial charge in [0.25, 0.3) is 5.91 Å². The number of benzene rings is 1. The summed E-state index contributed by atoms with van der Waals surface area (Å²) in [5.74, 6) is 0.0147. The molecule has 0 aromatic heterocycles. The third-order valence-corrected chi connectivity index (χ3v) is 3.86. The molecule has 1 aromatic carbocycles. The number of carbonyl (C=O) groups is 1. The fourth-order valence-electron chi connectivity index (χ4n) is 2.40. The van der Waals surface area contributed by atoms with Crippen molar-refractivity contribution in [1.29, 1.82) is 0 Å². The molecule has 1 amide bonds. The monoisotopic (exact) mass is 300 g/mol. The fraction of sp³-hybridized carbons (Fsp3) is 0.412. The summed E-state index contributed by atoms with van der Waals surface area (Å²) in [5, 5.41) is 3.16. The molecule has 0 spiro atoms. The lowest BCUT2D eigenvalue weighted by Crippen LogP contribution is -2.31. The zero-order chi connectivity index (χ0) is 16.3. The molecule has 0 atom stereocenters. The van der Waals surface area contributed by atoms with E-state index in [-0.39, 0.29) is 5.91 Å². The third-order valence-electron chi connectivity index (χ3n) is 3.86. The van der Waals surface area contributed by atoms with E-state index >= 15 is 0 Å². The predicted octanol–water partition coefficient (Wildman–Crippen LogP) is 1.57. The molecule has 1 aliphatic rings. The Morgan fingerprint density at radius 3 is 2.50 bits per heavy atom. The highest BCUT2D eigenvalue weighted by molar-refractivity contribution is 6.04. The number of hydrogen-bond donors (Lipinski definition) is 1. The Morgan fingerprint density at radius 1 is 1.32 bits per heavy atom. The minimum Gasteiger partial charge on any atom is -0.371 e. The van der Waals surface area contributed by atoms with Crippen LogP contribution in [-0.4, -0.2) is 62.7 Å². The van der Waals surface area contributed by atoms with Gasteiger partial charge in [0, 0.05) is 38.9 Å². The maximum absolute atomic E-state index is 11.9. The molecule has 0 saturated carbocycles. The highest BCUT2D eigenvalue weighted by Gasteiger charge is 2.17. The molecule has 5 heteroatoms. The summed E-state index contributed by atoms with van der Waals surface area (Å²) in [7, 11) is 7.51. The fourth-order valence-corrected chi connectivity index (χ4v) is 2.40. The molecule has 5 nitrogen and oxygen atoms in total. The van der Waals surface area contributed by atoms with Crippen LogP contribution in [0.25, 0.3) is 0 Å². The predicted molar refractivity (Wildman–Crippen MR) is 90.3 cm³/mol. The molecule has 0 unspecified atom stereocenters. The molecule has 0 aliphatic carbocycles. The zero-order valence-corrected chi connectivity index (χ0v) is 14.0. The summed E-state index contributed by atoms with van der Waals surface area (Å²) in [6.45, 7) is 3.61. The molecule has 0 radical (unpaired) electrons. The van der Waals surface area contributed by atoms with E-state index in [0.29, 0.717) is 5.56 Å². The summed E-state index contributed by atoms with van der Waals surface area (Å²) >= 11 is 0. The molecular formula is C17H24N4O. The van der Waals surface area contributed by atoms with Crippen LogP contribution in [-0.2, 0) is 0 Å². The number of carbonyl (C=O) groups excluding carboxylic acids is 1. The molecule has 2 rings (SSSR count). The van der Waals surface area contributed by atoms with Crippen LogP contribution in [0, 0.1) is 0 Å². The van der Waals surface area contributed by atoms with Crippen LogP contribution in [0.3, 0.4) is 0 Å². The summed E-state index contributed by atoms with van der Waals surface area (Å²) < 4.78 is 0. The van der Waals surface area contributed by atoms with E-state index in [1.165, 1.54) is 5.70 Å². The van der Waals surface area contributed by atoms with Gasteiger partial charge in [0.2, 0.25) is 0 Å². The van der Waals surface area contributed by atoms with Crippen molar-refractivity contribution in [2.75, 3.05) is 41.3 Å². The standard InChI is InChI=1S/C17H24N4O/c1-12-15(10-18-2)19-16(11-21(12)5)13-6-8-14(9-7-13)17(22)20(3)4/h6-9,18H,10-11H2,1-5H3.